The summed E-state index contributed by atoms with van der Waals surface area (Å²) in [5, 5.41) is 11.1. The monoisotopic (exact) mass is 316 g/mol. The molecule has 3 heterocycles. The molecule has 2 fully saturated rings. The Kier molecular flexibility index (Phi) is 3.65. The van der Waals surface area contributed by atoms with Crippen molar-refractivity contribution < 1.29 is 14.1 Å². The van der Waals surface area contributed by atoms with E-state index in [1.807, 2.05) is 17.8 Å². The summed E-state index contributed by atoms with van der Waals surface area (Å²) in [6, 6.07) is 3.72. The summed E-state index contributed by atoms with van der Waals surface area (Å²) in [7, 11) is 1.90. The van der Waals surface area contributed by atoms with Crippen molar-refractivity contribution in [2.24, 2.45) is 13.0 Å². The van der Waals surface area contributed by atoms with E-state index in [1.54, 1.807) is 12.3 Å². The van der Waals surface area contributed by atoms with Crippen molar-refractivity contribution in [3.8, 4) is 0 Å². The molecule has 0 aromatic carbocycles. The number of aromatic nitrogens is 3. The van der Waals surface area contributed by atoms with Crippen molar-refractivity contribution in [1.29, 1.82) is 0 Å². The highest BCUT2D eigenvalue weighted by atomic mass is 16.5. The van der Waals surface area contributed by atoms with E-state index < -0.39 is 0 Å². The van der Waals surface area contributed by atoms with Gasteiger partial charge in [0.25, 0.3) is 5.91 Å². The number of ether oxygens (including phenoxy) is 1. The minimum Gasteiger partial charge on any atom is -0.372 e. The molecule has 1 amide bonds. The van der Waals surface area contributed by atoms with Crippen LogP contribution in [0.5, 0.6) is 0 Å². The summed E-state index contributed by atoms with van der Waals surface area (Å²) < 4.78 is 12.8. The van der Waals surface area contributed by atoms with Crippen LogP contribution in [0.1, 0.15) is 53.2 Å². The van der Waals surface area contributed by atoms with Crippen LogP contribution in [-0.2, 0) is 11.8 Å². The second-order valence-electron chi connectivity index (χ2n) is 6.32. The lowest BCUT2D eigenvalue weighted by Crippen LogP contribution is -2.30. The Morgan fingerprint density at radius 3 is 3.04 bits per heavy atom. The average Bonchev–Trinajstić information content (AvgIpc) is 2.96. The smallest absolute Gasteiger partial charge is 0.289 e. The molecule has 0 unspecified atom stereocenters. The Morgan fingerprint density at radius 2 is 2.30 bits per heavy atom. The van der Waals surface area contributed by atoms with Gasteiger partial charge < -0.3 is 14.6 Å². The van der Waals surface area contributed by atoms with Gasteiger partial charge in [0.05, 0.1) is 11.4 Å². The molecular formula is C16H20N4O3. The predicted molar refractivity (Wildman–Crippen MR) is 80.8 cm³/mol. The van der Waals surface area contributed by atoms with Crippen molar-refractivity contribution in [1.82, 2.24) is 20.3 Å². The summed E-state index contributed by atoms with van der Waals surface area (Å²) >= 11 is 0. The van der Waals surface area contributed by atoms with Crippen LogP contribution >= 0.6 is 0 Å². The normalized spacial score (nSPS) is 24.0. The maximum atomic E-state index is 12.2. The zero-order chi connectivity index (χ0) is 15.8. The van der Waals surface area contributed by atoms with Crippen LogP contribution in [0, 0.1) is 5.92 Å². The molecule has 0 bridgehead atoms. The molecule has 1 aliphatic carbocycles. The van der Waals surface area contributed by atoms with E-state index in [-0.39, 0.29) is 17.9 Å². The Hall–Kier alpha value is -2.15. The highest BCUT2D eigenvalue weighted by Gasteiger charge is 2.32. The predicted octanol–water partition coefficient (Wildman–Crippen LogP) is 1.79. The van der Waals surface area contributed by atoms with Crippen LogP contribution in [-0.4, -0.2) is 34.0 Å². The Labute approximate surface area is 134 Å². The summed E-state index contributed by atoms with van der Waals surface area (Å²) in [5.41, 5.74) is 1.93. The molecule has 23 heavy (non-hydrogen) atoms. The van der Waals surface area contributed by atoms with Gasteiger partial charge in [0.2, 0.25) is 5.76 Å². The first-order valence-electron chi connectivity index (χ1n) is 8.06. The molecule has 7 nitrogen and oxygen atoms in total. The van der Waals surface area contributed by atoms with Crippen LogP contribution in [0.25, 0.3) is 0 Å². The van der Waals surface area contributed by atoms with Crippen molar-refractivity contribution in [2.45, 2.75) is 31.3 Å². The lowest BCUT2D eigenvalue weighted by Gasteiger charge is -2.18. The molecule has 2 aromatic heterocycles. The van der Waals surface area contributed by atoms with E-state index in [0.717, 1.165) is 30.7 Å². The molecule has 2 aromatic rings. The van der Waals surface area contributed by atoms with Crippen molar-refractivity contribution in [2.75, 3.05) is 13.2 Å². The maximum Gasteiger partial charge on any atom is 0.289 e. The van der Waals surface area contributed by atoms with E-state index >= 15 is 0 Å². The van der Waals surface area contributed by atoms with Crippen molar-refractivity contribution in [3.05, 3.63) is 35.5 Å². The molecule has 0 spiro atoms. The quantitative estimate of drug-likeness (QED) is 0.909. The summed E-state index contributed by atoms with van der Waals surface area (Å²) in [5.74, 6) is 0.806. The van der Waals surface area contributed by atoms with Crippen LogP contribution < -0.4 is 5.32 Å². The molecule has 1 saturated heterocycles. The fraction of sp³-hybridized carbons (Fsp3) is 0.562. The summed E-state index contributed by atoms with van der Waals surface area (Å²) in [6.07, 6.45) is 4.93. The number of rotatable bonds is 5. The molecule has 7 heteroatoms. The maximum absolute atomic E-state index is 12.2. The second-order valence-corrected chi connectivity index (χ2v) is 6.32. The first kappa shape index (κ1) is 14.4. The minimum atomic E-state index is -0.208. The van der Waals surface area contributed by atoms with Gasteiger partial charge in [-0.05, 0) is 25.3 Å². The third-order valence-corrected chi connectivity index (χ3v) is 4.64. The van der Waals surface area contributed by atoms with E-state index in [0.29, 0.717) is 24.8 Å². The lowest BCUT2D eigenvalue weighted by atomic mass is 9.99. The van der Waals surface area contributed by atoms with Gasteiger partial charge in [-0.3, -0.25) is 9.48 Å². The number of nitrogens with one attached hydrogen (secondary N) is 1. The Balaban J connectivity index is 1.37. The Morgan fingerprint density at radius 1 is 1.43 bits per heavy atom. The molecule has 4 rings (SSSR count). The number of carbonyl (C=O) groups excluding carboxylic acids is 1. The number of amides is 1. The van der Waals surface area contributed by atoms with Crippen molar-refractivity contribution >= 4 is 5.91 Å². The van der Waals surface area contributed by atoms with Gasteiger partial charge in [0, 0.05) is 44.3 Å². The van der Waals surface area contributed by atoms with Crippen LogP contribution in [0.3, 0.4) is 0 Å². The number of hydrogen-bond donors (Lipinski definition) is 1. The molecule has 1 N–H and O–H groups in total. The van der Waals surface area contributed by atoms with Gasteiger partial charge in [-0.1, -0.05) is 5.16 Å². The number of nitrogens with zero attached hydrogens (tertiary/aromatic N) is 3. The highest BCUT2D eigenvalue weighted by molar-refractivity contribution is 5.91. The Bertz CT molecular complexity index is 704. The van der Waals surface area contributed by atoms with Crippen LogP contribution in [0.15, 0.2) is 22.9 Å². The van der Waals surface area contributed by atoms with Gasteiger partial charge in [-0.2, -0.15) is 5.10 Å². The van der Waals surface area contributed by atoms with Gasteiger partial charge in [0.15, 0.2) is 0 Å². The number of hydrogen-bond acceptors (Lipinski definition) is 5. The van der Waals surface area contributed by atoms with E-state index in [4.69, 9.17) is 9.26 Å². The first-order chi connectivity index (χ1) is 11.2. The molecule has 2 aliphatic rings. The standard InChI is InChI=1S/C16H20N4O3/c1-20-13(4-6-18-20)15-11(5-7-22-15)9-17-16(21)14-8-12(19-23-14)10-2-3-10/h4,6,8,10-11,15H,2-3,5,7,9H2,1H3,(H,17,21)/t11-,15+/m0/s1. The zero-order valence-corrected chi connectivity index (χ0v) is 13.1. The van der Waals surface area contributed by atoms with Gasteiger partial charge >= 0.3 is 0 Å². The van der Waals surface area contributed by atoms with Crippen LogP contribution in [0.2, 0.25) is 0 Å². The molecular weight excluding hydrogens is 296 g/mol. The minimum absolute atomic E-state index is 0.0282. The fourth-order valence-corrected chi connectivity index (χ4v) is 3.11. The topological polar surface area (TPSA) is 82.2 Å². The molecule has 0 radical (unpaired) electrons. The largest absolute Gasteiger partial charge is 0.372 e. The van der Waals surface area contributed by atoms with E-state index in [1.165, 1.54) is 0 Å². The van der Waals surface area contributed by atoms with E-state index in [9.17, 15) is 4.79 Å². The lowest BCUT2D eigenvalue weighted by molar-refractivity contribution is 0.0789. The van der Waals surface area contributed by atoms with Gasteiger partial charge in [-0.15, -0.1) is 0 Å². The fourth-order valence-electron chi connectivity index (χ4n) is 3.11. The number of carbonyl (C=O) groups is 1. The average molecular weight is 316 g/mol. The van der Waals surface area contributed by atoms with Gasteiger partial charge in [0.1, 0.15) is 6.10 Å². The third-order valence-electron chi connectivity index (χ3n) is 4.64. The van der Waals surface area contributed by atoms with Crippen LogP contribution in [0.4, 0.5) is 0 Å². The highest BCUT2D eigenvalue weighted by Crippen LogP contribution is 2.39. The van der Waals surface area contributed by atoms with E-state index in [2.05, 4.69) is 15.6 Å². The number of aryl methyl sites for hydroxylation is 1. The molecule has 122 valence electrons. The first-order valence-corrected chi connectivity index (χ1v) is 8.06. The zero-order valence-electron chi connectivity index (χ0n) is 13.1. The van der Waals surface area contributed by atoms with Gasteiger partial charge in [-0.25, -0.2) is 0 Å². The van der Waals surface area contributed by atoms with Crippen molar-refractivity contribution in [3.63, 3.8) is 0 Å². The molecule has 1 saturated carbocycles. The second kappa shape index (κ2) is 5.81. The molecule has 2 atom stereocenters. The summed E-state index contributed by atoms with van der Waals surface area (Å²) in [4.78, 5) is 12.2. The SMILES string of the molecule is Cn1nccc1[C@@H]1OCC[C@H]1CNC(=O)c1cc(C2CC2)no1. The molecule has 1 aliphatic heterocycles. The third kappa shape index (κ3) is 2.88. The summed E-state index contributed by atoms with van der Waals surface area (Å²) in [6.45, 7) is 1.25.